The van der Waals surface area contributed by atoms with Gasteiger partial charge in [0.15, 0.2) is 5.78 Å². The van der Waals surface area contributed by atoms with Crippen LogP contribution in [0, 0.1) is 0 Å². The first kappa shape index (κ1) is 18.3. The predicted molar refractivity (Wildman–Crippen MR) is 107 cm³/mol. The Labute approximate surface area is 165 Å². The van der Waals surface area contributed by atoms with Crippen molar-refractivity contribution in [3.05, 3.63) is 83.4 Å². The SMILES string of the molecule is Cn1c(NCC(=O)c2ccc(-c3ccoc3)cc2)nc(-c2ccncn2)cc1=O. The van der Waals surface area contributed by atoms with Gasteiger partial charge >= 0.3 is 0 Å². The first-order valence-corrected chi connectivity index (χ1v) is 8.86. The molecule has 0 bridgehead atoms. The minimum Gasteiger partial charge on any atom is -0.472 e. The fraction of sp³-hybridized carbons (Fsp3) is 0.0952. The second-order valence-corrected chi connectivity index (χ2v) is 6.32. The first-order chi connectivity index (χ1) is 14.1. The molecule has 0 saturated carbocycles. The zero-order valence-corrected chi connectivity index (χ0v) is 15.6. The number of furan rings is 1. The van der Waals surface area contributed by atoms with Crippen LogP contribution in [-0.4, -0.2) is 31.8 Å². The highest BCUT2D eigenvalue weighted by Crippen LogP contribution is 2.20. The van der Waals surface area contributed by atoms with E-state index in [2.05, 4.69) is 20.3 Å². The van der Waals surface area contributed by atoms with Gasteiger partial charge in [-0.3, -0.25) is 14.2 Å². The van der Waals surface area contributed by atoms with Crippen LogP contribution in [0.15, 0.2) is 76.7 Å². The summed E-state index contributed by atoms with van der Waals surface area (Å²) in [6, 6.07) is 12.2. The molecular weight excluding hydrogens is 370 g/mol. The van der Waals surface area contributed by atoms with Gasteiger partial charge in [0, 0.05) is 30.4 Å². The van der Waals surface area contributed by atoms with Crippen LogP contribution in [0.1, 0.15) is 10.4 Å². The molecule has 3 heterocycles. The number of carbonyl (C=O) groups is 1. The summed E-state index contributed by atoms with van der Waals surface area (Å²) in [6.07, 6.45) is 6.21. The fourth-order valence-electron chi connectivity index (χ4n) is 2.81. The lowest BCUT2D eigenvalue weighted by Gasteiger charge is -2.11. The van der Waals surface area contributed by atoms with Gasteiger partial charge in [0.1, 0.15) is 6.33 Å². The lowest BCUT2D eigenvalue weighted by atomic mass is 10.0. The van der Waals surface area contributed by atoms with E-state index in [1.807, 2.05) is 18.2 Å². The molecule has 0 spiro atoms. The molecule has 144 valence electrons. The van der Waals surface area contributed by atoms with Gasteiger partial charge < -0.3 is 9.73 Å². The van der Waals surface area contributed by atoms with E-state index in [-0.39, 0.29) is 23.8 Å². The minimum atomic E-state index is -0.256. The minimum absolute atomic E-state index is 0.00142. The van der Waals surface area contributed by atoms with Crippen molar-refractivity contribution in [2.24, 2.45) is 7.05 Å². The van der Waals surface area contributed by atoms with Gasteiger partial charge in [0.2, 0.25) is 5.95 Å². The van der Waals surface area contributed by atoms with Gasteiger partial charge in [-0.15, -0.1) is 0 Å². The summed E-state index contributed by atoms with van der Waals surface area (Å²) in [7, 11) is 1.59. The van der Waals surface area contributed by atoms with E-state index in [0.717, 1.165) is 11.1 Å². The zero-order chi connectivity index (χ0) is 20.2. The molecule has 29 heavy (non-hydrogen) atoms. The number of nitrogens with zero attached hydrogens (tertiary/aromatic N) is 4. The van der Waals surface area contributed by atoms with E-state index in [4.69, 9.17) is 4.42 Å². The third-order valence-corrected chi connectivity index (χ3v) is 4.45. The highest BCUT2D eigenvalue weighted by atomic mass is 16.3. The number of Topliss-reactive ketones (excluding diaryl/α,β-unsaturated/α-hetero) is 1. The predicted octanol–water partition coefficient (Wildman–Crippen LogP) is 2.79. The van der Waals surface area contributed by atoms with Crippen LogP contribution in [0.3, 0.4) is 0 Å². The van der Waals surface area contributed by atoms with E-state index < -0.39 is 0 Å². The number of nitrogens with one attached hydrogen (secondary N) is 1. The maximum Gasteiger partial charge on any atom is 0.255 e. The number of rotatable bonds is 6. The fourth-order valence-corrected chi connectivity index (χ4v) is 2.81. The number of aromatic nitrogens is 4. The van der Waals surface area contributed by atoms with Crippen LogP contribution in [0.25, 0.3) is 22.5 Å². The monoisotopic (exact) mass is 387 g/mol. The molecule has 1 aromatic carbocycles. The topological polar surface area (TPSA) is 103 Å². The van der Waals surface area contributed by atoms with Crippen LogP contribution in [0.5, 0.6) is 0 Å². The molecule has 0 unspecified atom stereocenters. The summed E-state index contributed by atoms with van der Waals surface area (Å²) in [5, 5.41) is 2.95. The van der Waals surface area contributed by atoms with Crippen molar-refractivity contribution in [1.29, 1.82) is 0 Å². The van der Waals surface area contributed by atoms with Crippen LogP contribution >= 0.6 is 0 Å². The third-order valence-electron chi connectivity index (χ3n) is 4.45. The molecule has 0 atom stereocenters. The van der Waals surface area contributed by atoms with E-state index >= 15 is 0 Å². The quantitative estimate of drug-likeness (QED) is 0.507. The van der Waals surface area contributed by atoms with E-state index in [1.54, 1.807) is 44.0 Å². The first-order valence-electron chi connectivity index (χ1n) is 8.86. The molecule has 4 aromatic rings. The maximum atomic E-state index is 12.6. The zero-order valence-electron chi connectivity index (χ0n) is 15.6. The summed E-state index contributed by atoms with van der Waals surface area (Å²) in [5.74, 6) is 0.167. The number of benzene rings is 1. The van der Waals surface area contributed by atoms with Gasteiger partial charge in [0.05, 0.1) is 30.5 Å². The Morgan fingerprint density at radius 1 is 1.10 bits per heavy atom. The molecular formula is C21H17N5O3. The molecule has 0 fully saturated rings. The van der Waals surface area contributed by atoms with Gasteiger partial charge in [-0.2, -0.15) is 0 Å². The summed E-state index contributed by atoms with van der Waals surface area (Å²) >= 11 is 0. The average molecular weight is 387 g/mol. The van der Waals surface area contributed by atoms with Crippen molar-refractivity contribution in [1.82, 2.24) is 19.5 Å². The summed E-state index contributed by atoms with van der Waals surface area (Å²) < 4.78 is 6.42. The van der Waals surface area contributed by atoms with Gasteiger partial charge in [0.25, 0.3) is 5.56 Å². The smallest absolute Gasteiger partial charge is 0.255 e. The van der Waals surface area contributed by atoms with Crippen LogP contribution in [-0.2, 0) is 7.05 Å². The molecule has 3 aromatic heterocycles. The standard InChI is InChI=1S/C21H17N5O3/c1-26-20(28)10-18(17-6-8-22-13-24-17)25-21(26)23-11-19(27)15-4-2-14(3-5-15)16-7-9-29-12-16/h2-10,12-13H,11H2,1H3,(H,23,25). The Hall–Kier alpha value is -4.07. The highest BCUT2D eigenvalue weighted by Gasteiger charge is 2.11. The second kappa shape index (κ2) is 7.89. The van der Waals surface area contributed by atoms with Crippen LogP contribution in [0.2, 0.25) is 0 Å². The molecule has 0 amide bonds. The number of carbonyl (C=O) groups excluding carboxylic acids is 1. The lowest BCUT2D eigenvalue weighted by molar-refractivity contribution is 0.101. The molecule has 8 nitrogen and oxygen atoms in total. The normalized spacial score (nSPS) is 10.7. The van der Waals surface area contributed by atoms with Crippen LogP contribution < -0.4 is 10.9 Å². The lowest BCUT2D eigenvalue weighted by Crippen LogP contribution is -2.24. The van der Waals surface area contributed by atoms with Crippen molar-refractivity contribution < 1.29 is 9.21 Å². The summed E-state index contributed by atoms with van der Waals surface area (Å²) in [5.41, 5.74) is 3.15. The number of ketones is 1. The number of anilines is 1. The maximum absolute atomic E-state index is 12.6. The molecule has 0 aliphatic rings. The van der Waals surface area contributed by atoms with E-state index in [1.165, 1.54) is 17.0 Å². The Morgan fingerprint density at radius 2 is 1.93 bits per heavy atom. The van der Waals surface area contributed by atoms with Crippen molar-refractivity contribution in [2.75, 3.05) is 11.9 Å². The van der Waals surface area contributed by atoms with E-state index in [9.17, 15) is 9.59 Å². The molecule has 0 saturated heterocycles. The molecule has 8 heteroatoms. The molecule has 1 N–H and O–H groups in total. The summed E-state index contributed by atoms with van der Waals surface area (Å²) in [6.45, 7) is -0.00142. The molecule has 0 aliphatic heterocycles. The Bertz CT molecular complexity index is 1180. The van der Waals surface area contributed by atoms with Crippen LogP contribution in [0.4, 0.5) is 5.95 Å². The van der Waals surface area contributed by atoms with Crippen molar-refractivity contribution >= 4 is 11.7 Å². The van der Waals surface area contributed by atoms with E-state index in [0.29, 0.717) is 17.0 Å². The van der Waals surface area contributed by atoms with Gasteiger partial charge in [-0.05, 0) is 17.7 Å². The Kier molecular flexibility index (Phi) is 4.98. The molecule has 0 aliphatic carbocycles. The highest BCUT2D eigenvalue weighted by molar-refractivity contribution is 5.99. The summed E-state index contributed by atoms with van der Waals surface area (Å²) in [4.78, 5) is 37.2. The van der Waals surface area contributed by atoms with Crippen molar-refractivity contribution in [3.8, 4) is 22.5 Å². The van der Waals surface area contributed by atoms with Crippen molar-refractivity contribution in [3.63, 3.8) is 0 Å². The molecule has 4 rings (SSSR count). The number of hydrogen-bond acceptors (Lipinski definition) is 7. The Balaban J connectivity index is 1.50. The average Bonchev–Trinajstić information content (AvgIpc) is 3.30. The largest absolute Gasteiger partial charge is 0.472 e. The van der Waals surface area contributed by atoms with Crippen molar-refractivity contribution in [2.45, 2.75) is 0 Å². The van der Waals surface area contributed by atoms with Gasteiger partial charge in [-0.1, -0.05) is 24.3 Å². The third kappa shape index (κ3) is 3.96. The van der Waals surface area contributed by atoms with Gasteiger partial charge in [-0.25, -0.2) is 15.0 Å². The second-order valence-electron chi connectivity index (χ2n) is 6.32. The Morgan fingerprint density at radius 3 is 2.62 bits per heavy atom. The molecule has 0 radical (unpaired) electrons. The number of hydrogen-bond donors (Lipinski definition) is 1.